The van der Waals surface area contributed by atoms with Gasteiger partial charge in [-0.1, -0.05) is 26.8 Å². The molecule has 0 radical (unpaired) electrons. The third kappa shape index (κ3) is 2.34. The van der Waals surface area contributed by atoms with Crippen LogP contribution in [0.25, 0.3) is 0 Å². The fraction of sp³-hybridized carbons (Fsp3) is 0.526. The van der Waals surface area contributed by atoms with Crippen LogP contribution in [-0.2, 0) is 11.0 Å². The minimum absolute atomic E-state index is 0.0767. The summed E-state index contributed by atoms with van der Waals surface area (Å²) in [7, 11) is 0. The second kappa shape index (κ2) is 5.64. The zero-order valence-corrected chi connectivity index (χ0v) is 16.0. The van der Waals surface area contributed by atoms with E-state index in [1.54, 1.807) is 20.8 Å². The number of hydrogen-bond donors (Lipinski definition) is 1. The molecule has 29 heavy (non-hydrogen) atoms. The molecular formula is C19H20F3N3O4. The number of amides is 4. The molecule has 0 saturated carbocycles. The molecule has 3 aliphatic heterocycles. The number of carbonyl (C=O) groups excluding carboxylic acids is 2. The molecule has 0 aromatic heterocycles. The number of imide groups is 1. The first-order valence-corrected chi connectivity index (χ1v) is 9.16. The summed E-state index contributed by atoms with van der Waals surface area (Å²) in [5.74, 6) is -0.687. The second-order valence-electron chi connectivity index (χ2n) is 8.70. The Morgan fingerprint density at radius 1 is 1.21 bits per heavy atom. The molecule has 156 valence electrons. The molecule has 7 nitrogen and oxygen atoms in total. The zero-order chi connectivity index (χ0) is 21.5. The summed E-state index contributed by atoms with van der Waals surface area (Å²) in [5, 5.41) is 9.57. The Morgan fingerprint density at radius 2 is 1.86 bits per heavy atom. The predicted molar refractivity (Wildman–Crippen MR) is 95.3 cm³/mol. The van der Waals surface area contributed by atoms with Gasteiger partial charge in [0.05, 0.1) is 23.3 Å². The lowest BCUT2D eigenvalue weighted by atomic mass is 9.68. The van der Waals surface area contributed by atoms with Crippen LogP contribution in [0.4, 0.5) is 28.4 Å². The Bertz CT molecular complexity index is 926. The largest absolute Gasteiger partial charge is 0.465 e. The Labute approximate surface area is 164 Å². The lowest BCUT2D eigenvalue weighted by Crippen LogP contribution is -2.69. The number of halogens is 3. The average Bonchev–Trinajstić information content (AvgIpc) is 3.23. The van der Waals surface area contributed by atoms with E-state index in [-0.39, 0.29) is 12.2 Å². The van der Waals surface area contributed by atoms with Crippen molar-refractivity contribution in [3.8, 4) is 0 Å². The number of fused-ring (bicyclic) bond motifs is 5. The first-order chi connectivity index (χ1) is 13.3. The van der Waals surface area contributed by atoms with Crippen molar-refractivity contribution in [1.82, 2.24) is 9.80 Å². The highest BCUT2D eigenvalue weighted by atomic mass is 19.4. The highest BCUT2D eigenvalue weighted by Gasteiger charge is 2.76. The summed E-state index contributed by atoms with van der Waals surface area (Å²) < 4.78 is 39.4. The lowest BCUT2D eigenvalue weighted by Gasteiger charge is -2.50. The number of nitrogens with zero attached hydrogens (tertiary/aromatic N) is 3. The van der Waals surface area contributed by atoms with Gasteiger partial charge in [0.25, 0.3) is 5.91 Å². The van der Waals surface area contributed by atoms with Gasteiger partial charge in [-0.2, -0.15) is 13.2 Å². The normalized spacial score (nSPS) is 29.1. The second-order valence-corrected chi connectivity index (χ2v) is 8.70. The molecule has 3 saturated heterocycles. The molecule has 3 atom stereocenters. The van der Waals surface area contributed by atoms with Gasteiger partial charge in [0.1, 0.15) is 5.54 Å². The summed E-state index contributed by atoms with van der Waals surface area (Å²) in [6, 6.07) is 2.10. The SMILES string of the molecule is CC(C)(C)[C@@]12C(=O)N(c3cccc(C(F)(F)F)c3)C(=O)N1[C@H]1C[C@@H]2N(C(=O)O)C1. The molecule has 3 fully saturated rings. The molecule has 4 amide bonds. The number of likely N-dealkylation sites (tertiary alicyclic amines) is 1. The maximum Gasteiger partial charge on any atom is 0.416 e. The highest BCUT2D eigenvalue weighted by molar-refractivity contribution is 6.24. The number of alkyl halides is 3. The van der Waals surface area contributed by atoms with Gasteiger partial charge in [0.2, 0.25) is 0 Å². The van der Waals surface area contributed by atoms with Crippen molar-refractivity contribution in [2.24, 2.45) is 5.41 Å². The van der Waals surface area contributed by atoms with Crippen LogP contribution in [0, 0.1) is 5.41 Å². The number of carboxylic acid groups (broad SMARTS) is 1. The van der Waals surface area contributed by atoms with Crippen molar-refractivity contribution in [2.45, 2.75) is 51.0 Å². The third-order valence-electron chi connectivity index (χ3n) is 6.25. The topological polar surface area (TPSA) is 81.2 Å². The molecule has 1 aromatic rings. The fourth-order valence-corrected chi connectivity index (χ4v) is 5.21. The van der Waals surface area contributed by atoms with E-state index >= 15 is 0 Å². The molecule has 1 aromatic carbocycles. The Kier molecular flexibility index (Phi) is 3.80. The van der Waals surface area contributed by atoms with Gasteiger partial charge in [-0.3, -0.25) is 4.79 Å². The molecule has 0 spiro atoms. The van der Waals surface area contributed by atoms with Crippen molar-refractivity contribution in [2.75, 3.05) is 11.4 Å². The number of rotatable bonds is 1. The van der Waals surface area contributed by atoms with Crippen LogP contribution < -0.4 is 4.90 Å². The van der Waals surface area contributed by atoms with Gasteiger partial charge in [0, 0.05) is 6.54 Å². The van der Waals surface area contributed by atoms with E-state index in [2.05, 4.69) is 0 Å². The number of benzene rings is 1. The average molecular weight is 411 g/mol. The van der Waals surface area contributed by atoms with E-state index in [1.165, 1.54) is 15.9 Å². The first-order valence-electron chi connectivity index (χ1n) is 9.16. The summed E-state index contributed by atoms with van der Waals surface area (Å²) in [6.07, 6.45) is -5.48. The molecule has 2 bridgehead atoms. The van der Waals surface area contributed by atoms with Gasteiger partial charge in [-0.05, 0) is 30.0 Å². The summed E-state index contributed by atoms with van der Waals surface area (Å²) in [5.41, 5.74) is -3.46. The van der Waals surface area contributed by atoms with E-state index in [4.69, 9.17) is 0 Å². The van der Waals surface area contributed by atoms with Crippen molar-refractivity contribution in [3.63, 3.8) is 0 Å². The standard InChI is InChI=1S/C19H20F3N3O4/c1-17(2,3)18-13-8-12(9-23(13)16(28)29)25(18)15(27)24(14(18)26)11-6-4-5-10(7-11)19(20,21)22/h4-7,12-13H,8-9H2,1-3H3,(H,28,29)/t12-,13-,18+/m0/s1. The summed E-state index contributed by atoms with van der Waals surface area (Å²) >= 11 is 0. The molecule has 10 heteroatoms. The monoisotopic (exact) mass is 411 g/mol. The van der Waals surface area contributed by atoms with Gasteiger partial charge in [-0.15, -0.1) is 0 Å². The number of hydrogen-bond acceptors (Lipinski definition) is 3. The van der Waals surface area contributed by atoms with Gasteiger partial charge in [0.15, 0.2) is 0 Å². The molecular weight excluding hydrogens is 391 g/mol. The van der Waals surface area contributed by atoms with Gasteiger partial charge < -0.3 is 14.9 Å². The molecule has 0 aliphatic carbocycles. The Morgan fingerprint density at radius 3 is 2.41 bits per heavy atom. The maximum absolute atomic E-state index is 13.6. The fourth-order valence-electron chi connectivity index (χ4n) is 5.21. The smallest absolute Gasteiger partial charge is 0.416 e. The van der Waals surface area contributed by atoms with Crippen molar-refractivity contribution in [1.29, 1.82) is 0 Å². The van der Waals surface area contributed by atoms with Crippen LogP contribution in [0.1, 0.15) is 32.8 Å². The van der Waals surface area contributed by atoms with Crippen LogP contribution in [0.5, 0.6) is 0 Å². The number of carbonyl (C=O) groups is 3. The minimum atomic E-state index is -4.63. The van der Waals surface area contributed by atoms with E-state index in [1.807, 2.05) is 0 Å². The number of urea groups is 1. The van der Waals surface area contributed by atoms with Crippen LogP contribution >= 0.6 is 0 Å². The van der Waals surface area contributed by atoms with E-state index in [0.29, 0.717) is 6.42 Å². The number of piperazine rings is 1. The molecule has 3 heterocycles. The quantitative estimate of drug-likeness (QED) is 0.719. The predicted octanol–water partition coefficient (Wildman–Crippen LogP) is 3.39. The van der Waals surface area contributed by atoms with E-state index in [0.717, 1.165) is 23.1 Å². The summed E-state index contributed by atoms with van der Waals surface area (Å²) in [4.78, 5) is 42.0. The summed E-state index contributed by atoms with van der Waals surface area (Å²) in [6.45, 7) is 5.29. The van der Waals surface area contributed by atoms with Gasteiger partial charge in [-0.25, -0.2) is 14.5 Å². The molecule has 4 rings (SSSR count). The maximum atomic E-state index is 13.6. The van der Waals surface area contributed by atoms with Crippen LogP contribution in [0.15, 0.2) is 24.3 Å². The van der Waals surface area contributed by atoms with Gasteiger partial charge >= 0.3 is 18.3 Å². The van der Waals surface area contributed by atoms with E-state index in [9.17, 15) is 32.7 Å². The first kappa shape index (κ1) is 19.5. The Hall–Kier alpha value is -2.78. The molecule has 3 aliphatic rings. The molecule has 1 N–H and O–H groups in total. The Balaban J connectivity index is 1.86. The lowest BCUT2D eigenvalue weighted by molar-refractivity contribution is -0.138. The van der Waals surface area contributed by atoms with Crippen LogP contribution in [0.2, 0.25) is 0 Å². The van der Waals surface area contributed by atoms with Crippen LogP contribution in [-0.4, -0.2) is 57.1 Å². The van der Waals surface area contributed by atoms with Crippen molar-refractivity contribution < 1.29 is 32.7 Å². The minimum Gasteiger partial charge on any atom is -0.465 e. The van der Waals surface area contributed by atoms with Crippen molar-refractivity contribution in [3.05, 3.63) is 29.8 Å². The van der Waals surface area contributed by atoms with Crippen molar-refractivity contribution >= 4 is 23.7 Å². The van der Waals surface area contributed by atoms with E-state index < -0.39 is 52.8 Å². The zero-order valence-electron chi connectivity index (χ0n) is 16.0. The third-order valence-corrected chi connectivity index (χ3v) is 6.25. The highest BCUT2D eigenvalue weighted by Crippen LogP contribution is 2.56. The number of anilines is 1. The molecule has 0 unspecified atom stereocenters. The van der Waals surface area contributed by atoms with Crippen LogP contribution in [0.3, 0.4) is 0 Å².